The quantitative estimate of drug-likeness (QED) is 0.439. The number of amides is 4. The van der Waals surface area contributed by atoms with Crippen molar-refractivity contribution in [2.75, 3.05) is 25.6 Å². The monoisotopic (exact) mass is 488 g/mol. The number of rotatable bonds is 6. The molecule has 3 rings (SSSR count). The molecule has 190 valence electrons. The number of aromatic nitrogens is 1. The molecule has 1 aliphatic rings. The van der Waals surface area contributed by atoms with E-state index in [0.29, 0.717) is 16.6 Å². The number of likely N-dealkylation sites (tertiary alicyclic amines) is 1. The second-order valence-electron chi connectivity index (χ2n) is 9.37. The minimum atomic E-state index is -1.05. The maximum atomic E-state index is 13.2. The van der Waals surface area contributed by atoms with Gasteiger partial charge in [0.05, 0.1) is 30.5 Å². The summed E-state index contributed by atoms with van der Waals surface area (Å²) in [5.41, 5.74) is 11.9. The molecule has 12 nitrogen and oxygen atoms in total. The van der Waals surface area contributed by atoms with Crippen molar-refractivity contribution in [1.29, 1.82) is 0 Å². The highest BCUT2D eigenvalue weighted by atomic mass is 16.5. The summed E-state index contributed by atoms with van der Waals surface area (Å²) in [5.74, 6) is -1.22. The normalized spacial score (nSPS) is 18.8. The molecule has 1 fully saturated rings. The van der Waals surface area contributed by atoms with E-state index < -0.39 is 47.7 Å². The number of fused-ring (bicyclic) bond motifs is 1. The molecule has 1 aromatic carbocycles. The Morgan fingerprint density at radius 2 is 1.89 bits per heavy atom. The summed E-state index contributed by atoms with van der Waals surface area (Å²) in [7, 11) is 1.21. The van der Waals surface area contributed by atoms with E-state index in [1.54, 1.807) is 24.3 Å². The fourth-order valence-electron chi connectivity index (χ4n) is 3.90. The molecule has 0 unspecified atom stereocenters. The Morgan fingerprint density at radius 3 is 2.51 bits per heavy atom. The molecule has 3 atom stereocenters. The van der Waals surface area contributed by atoms with Crippen molar-refractivity contribution in [3.05, 3.63) is 30.5 Å². The average Bonchev–Trinajstić information content (AvgIpc) is 3.36. The zero-order chi connectivity index (χ0) is 25.9. The first-order chi connectivity index (χ1) is 16.4. The Balaban J connectivity index is 1.77. The number of methoxy groups -OCH3 is 1. The Labute approximate surface area is 202 Å². The van der Waals surface area contributed by atoms with Crippen LogP contribution >= 0.6 is 0 Å². The largest absolute Gasteiger partial charge is 0.467 e. The van der Waals surface area contributed by atoms with Crippen molar-refractivity contribution in [3.8, 4) is 0 Å². The van der Waals surface area contributed by atoms with Gasteiger partial charge in [0.25, 0.3) is 0 Å². The van der Waals surface area contributed by atoms with Gasteiger partial charge in [-0.05, 0) is 33.3 Å². The van der Waals surface area contributed by atoms with Crippen LogP contribution in [-0.4, -0.2) is 77.4 Å². The van der Waals surface area contributed by atoms with Gasteiger partial charge in [-0.1, -0.05) is 18.2 Å². The Kier molecular flexibility index (Phi) is 7.66. The van der Waals surface area contributed by atoms with Crippen molar-refractivity contribution in [2.45, 2.75) is 50.9 Å². The predicted molar refractivity (Wildman–Crippen MR) is 129 cm³/mol. The van der Waals surface area contributed by atoms with Gasteiger partial charge >= 0.3 is 18.0 Å². The van der Waals surface area contributed by atoms with E-state index >= 15 is 0 Å². The number of carbonyl (C=O) groups excluding carboxylic acids is 4. The second-order valence-corrected chi connectivity index (χ2v) is 9.37. The molecule has 1 saturated heterocycles. The van der Waals surface area contributed by atoms with Gasteiger partial charge in [-0.15, -0.1) is 0 Å². The Bertz CT molecular complexity index is 1120. The molecular formula is C23H32N6O6. The van der Waals surface area contributed by atoms with E-state index in [9.17, 15) is 19.2 Å². The lowest BCUT2D eigenvalue weighted by molar-refractivity contribution is -0.149. The van der Waals surface area contributed by atoms with Crippen molar-refractivity contribution in [1.82, 2.24) is 14.8 Å². The fraction of sp³-hybridized carbons (Fsp3) is 0.478. The van der Waals surface area contributed by atoms with E-state index in [1.165, 1.54) is 22.8 Å². The zero-order valence-corrected chi connectivity index (χ0v) is 20.2. The van der Waals surface area contributed by atoms with Gasteiger partial charge in [0.2, 0.25) is 5.91 Å². The maximum Gasteiger partial charge on any atom is 0.330 e. The summed E-state index contributed by atoms with van der Waals surface area (Å²) in [6.45, 7) is 5.49. The predicted octanol–water partition coefficient (Wildman–Crippen LogP) is 0.975. The summed E-state index contributed by atoms with van der Waals surface area (Å²) in [5, 5.41) is 5.97. The number of nitrogens with one attached hydrogen (secondary N) is 2. The van der Waals surface area contributed by atoms with Gasteiger partial charge in [0.15, 0.2) is 6.04 Å². The number of hydrogen-bond donors (Lipinski definition) is 4. The number of benzene rings is 1. The lowest BCUT2D eigenvalue weighted by atomic mass is 10.1. The summed E-state index contributed by atoms with van der Waals surface area (Å²) < 4.78 is 11.7. The number of nitrogens with zero attached hydrogens (tertiary/aromatic N) is 2. The zero-order valence-electron chi connectivity index (χ0n) is 20.2. The van der Waals surface area contributed by atoms with Crippen LogP contribution in [0.25, 0.3) is 10.9 Å². The lowest BCUT2D eigenvalue weighted by Gasteiger charge is -2.27. The van der Waals surface area contributed by atoms with E-state index in [1.807, 2.05) is 20.8 Å². The first-order valence-electron chi connectivity index (χ1n) is 11.2. The molecule has 0 saturated carbocycles. The van der Waals surface area contributed by atoms with Gasteiger partial charge in [-0.3, -0.25) is 9.36 Å². The molecule has 0 spiro atoms. The molecule has 12 heteroatoms. The van der Waals surface area contributed by atoms with Gasteiger partial charge in [0.1, 0.15) is 6.04 Å². The average molecular weight is 489 g/mol. The standard InChI is InChI=1S/C23H32N6O6/c1-23(2,3)35-12-16(20(31)34-4)26-19(30)18-9-13(24)10-29(18)22(33)27-15-11-28(21(25)32)17-8-6-5-7-14(15)17/h5-8,11,13,16,18H,9-10,12,24H2,1-4H3,(H2,25,32)(H,26,30)(H,27,33)/t13-,16-,18-/m0/s1. The molecule has 6 N–H and O–H groups in total. The molecule has 2 heterocycles. The molecule has 0 radical (unpaired) electrons. The van der Waals surface area contributed by atoms with E-state index in [4.69, 9.17) is 20.9 Å². The van der Waals surface area contributed by atoms with Crippen LogP contribution in [0.5, 0.6) is 0 Å². The highest BCUT2D eigenvalue weighted by Gasteiger charge is 2.40. The number of anilines is 1. The second kappa shape index (κ2) is 10.3. The summed E-state index contributed by atoms with van der Waals surface area (Å²) in [6, 6.07) is 3.25. The number of carbonyl (C=O) groups is 4. The number of nitrogens with two attached hydrogens (primary N) is 2. The van der Waals surface area contributed by atoms with Crippen LogP contribution in [0.1, 0.15) is 27.2 Å². The van der Waals surface area contributed by atoms with Crippen LogP contribution in [0.3, 0.4) is 0 Å². The molecule has 0 bridgehead atoms. The van der Waals surface area contributed by atoms with E-state index in [0.717, 1.165) is 0 Å². The number of urea groups is 1. The smallest absolute Gasteiger partial charge is 0.330 e. The molecule has 1 aliphatic heterocycles. The van der Waals surface area contributed by atoms with Gasteiger partial charge in [0, 0.05) is 24.2 Å². The van der Waals surface area contributed by atoms with Crippen molar-refractivity contribution in [3.63, 3.8) is 0 Å². The fourth-order valence-corrected chi connectivity index (χ4v) is 3.90. The minimum Gasteiger partial charge on any atom is -0.467 e. The maximum absolute atomic E-state index is 13.2. The lowest BCUT2D eigenvalue weighted by Crippen LogP contribution is -2.53. The van der Waals surface area contributed by atoms with Crippen molar-refractivity contribution < 1.29 is 28.7 Å². The van der Waals surface area contributed by atoms with E-state index in [2.05, 4.69) is 10.6 Å². The number of para-hydroxylation sites is 1. The number of primary amides is 1. The SMILES string of the molecule is COC(=O)[C@H](COC(C)(C)C)NC(=O)[C@@H]1C[C@H](N)CN1C(=O)Nc1cn(C(N)=O)c2ccccc12. The molecule has 1 aromatic heterocycles. The minimum absolute atomic E-state index is 0.0977. The Hall–Kier alpha value is -3.64. The number of esters is 1. The third-order valence-corrected chi connectivity index (χ3v) is 5.57. The van der Waals surface area contributed by atoms with Gasteiger partial charge in [-0.25, -0.2) is 14.4 Å². The summed E-state index contributed by atoms with van der Waals surface area (Å²) in [4.78, 5) is 51.6. The van der Waals surface area contributed by atoms with Gasteiger partial charge in [-0.2, -0.15) is 0 Å². The van der Waals surface area contributed by atoms with Crippen LogP contribution in [0.4, 0.5) is 15.3 Å². The molecule has 2 aromatic rings. The molecule has 0 aliphatic carbocycles. The Morgan fingerprint density at radius 1 is 1.20 bits per heavy atom. The van der Waals surface area contributed by atoms with Crippen LogP contribution in [0.2, 0.25) is 0 Å². The van der Waals surface area contributed by atoms with Gasteiger partial charge < -0.3 is 36.5 Å². The third kappa shape index (κ3) is 6.08. The van der Waals surface area contributed by atoms with E-state index in [-0.39, 0.29) is 19.6 Å². The van der Waals surface area contributed by atoms with Crippen molar-refractivity contribution >= 4 is 40.5 Å². The third-order valence-electron chi connectivity index (χ3n) is 5.57. The molecular weight excluding hydrogens is 456 g/mol. The summed E-state index contributed by atoms with van der Waals surface area (Å²) in [6.07, 6.45) is 1.63. The number of hydrogen-bond acceptors (Lipinski definition) is 7. The van der Waals surface area contributed by atoms with Crippen molar-refractivity contribution in [2.24, 2.45) is 11.5 Å². The number of ether oxygens (including phenoxy) is 2. The van der Waals surface area contributed by atoms with Crippen LogP contribution in [-0.2, 0) is 19.1 Å². The first-order valence-corrected chi connectivity index (χ1v) is 11.2. The van der Waals surface area contributed by atoms with Crippen LogP contribution in [0.15, 0.2) is 30.5 Å². The highest BCUT2D eigenvalue weighted by molar-refractivity contribution is 6.05. The summed E-state index contributed by atoms with van der Waals surface area (Å²) >= 11 is 0. The molecule has 35 heavy (non-hydrogen) atoms. The first kappa shape index (κ1) is 26.0. The van der Waals surface area contributed by atoms with Crippen LogP contribution < -0.4 is 22.1 Å². The molecule has 4 amide bonds. The van der Waals surface area contributed by atoms with Crippen LogP contribution in [0, 0.1) is 0 Å². The topological polar surface area (TPSA) is 171 Å². The highest BCUT2D eigenvalue weighted by Crippen LogP contribution is 2.27.